The molecule has 0 saturated heterocycles. The van der Waals surface area contributed by atoms with Crippen molar-refractivity contribution in [3.8, 4) is 5.75 Å². The quantitative estimate of drug-likeness (QED) is 0.796. The molecule has 0 spiro atoms. The summed E-state index contributed by atoms with van der Waals surface area (Å²) in [6.07, 6.45) is 0. The van der Waals surface area contributed by atoms with E-state index in [4.69, 9.17) is 10.5 Å². The lowest BCUT2D eigenvalue weighted by atomic mass is 10.1. The zero-order valence-corrected chi connectivity index (χ0v) is 13.2. The number of methoxy groups -OCH3 is 1. The van der Waals surface area contributed by atoms with Crippen LogP contribution in [0.4, 0.5) is 0 Å². The van der Waals surface area contributed by atoms with Crippen LogP contribution in [-0.2, 0) is 12.3 Å². The first kappa shape index (κ1) is 15.7. The monoisotopic (exact) mass is 308 g/mol. The minimum absolute atomic E-state index is 0.0288. The number of thioether (sulfide) groups is 1. The fourth-order valence-corrected chi connectivity index (χ4v) is 3.02. The van der Waals surface area contributed by atoms with E-state index in [-0.39, 0.29) is 11.7 Å². The van der Waals surface area contributed by atoms with Gasteiger partial charge in [0.2, 0.25) is 0 Å². The lowest BCUT2D eigenvalue weighted by Gasteiger charge is -2.12. The number of benzene rings is 1. The Balaban J connectivity index is 2.22. The number of ether oxygens (including phenoxy) is 1. The maximum absolute atomic E-state index is 11.5. The Morgan fingerprint density at radius 3 is 2.90 bits per heavy atom. The first-order valence-corrected chi connectivity index (χ1v) is 7.75. The van der Waals surface area contributed by atoms with Gasteiger partial charge in [-0.1, -0.05) is 17.8 Å². The van der Waals surface area contributed by atoms with Crippen LogP contribution in [0.25, 0.3) is 0 Å². The summed E-state index contributed by atoms with van der Waals surface area (Å²) < 4.78 is 6.98. The average Bonchev–Trinajstić information content (AvgIpc) is 2.84. The van der Waals surface area contributed by atoms with Crippen LogP contribution in [0, 0.1) is 0 Å². The summed E-state index contributed by atoms with van der Waals surface area (Å²) in [5.74, 6) is 1.47. The molecule has 0 aliphatic carbocycles. The summed E-state index contributed by atoms with van der Waals surface area (Å²) in [6.45, 7) is 4.45. The van der Waals surface area contributed by atoms with Gasteiger partial charge in [0.05, 0.1) is 7.11 Å². The van der Waals surface area contributed by atoms with Crippen LogP contribution in [0.1, 0.15) is 31.0 Å². The minimum atomic E-state index is -0.184. The number of nitrogens with zero attached hydrogens (tertiary/aromatic N) is 2. The highest BCUT2D eigenvalue weighted by Crippen LogP contribution is 2.28. The van der Waals surface area contributed by atoms with Crippen molar-refractivity contribution in [3.05, 3.63) is 39.8 Å². The van der Waals surface area contributed by atoms with Gasteiger partial charge in [0.25, 0.3) is 0 Å². The standard InChI is InChI=1S/C14H20N4O2S/c1-4-18-13(19)16-17-14(18)21-8-11-7-10(9(2)15)5-6-12(11)20-3/h5-7,9H,4,8,15H2,1-3H3,(H,16,19). The molecule has 114 valence electrons. The van der Waals surface area contributed by atoms with Gasteiger partial charge in [0, 0.05) is 23.9 Å². The van der Waals surface area contributed by atoms with Crippen molar-refractivity contribution >= 4 is 11.8 Å². The lowest BCUT2D eigenvalue weighted by Crippen LogP contribution is -2.16. The lowest BCUT2D eigenvalue weighted by molar-refractivity contribution is 0.411. The van der Waals surface area contributed by atoms with Crippen LogP contribution >= 0.6 is 11.8 Å². The molecule has 7 heteroatoms. The molecule has 1 heterocycles. The molecule has 1 aromatic heterocycles. The van der Waals surface area contributed by atoms with Gasteiger partial charge in [-0.25, -0.2) is 9.89 Å². The van der Waals surface area contributed by atoms with Crippen LogP contribution in [0.2, 0.25) is 0 Å². The van der Waals surface area contributed by atoms with Gasteiger partial charge in [-0.15, -0.1) is 5.10 Å². The molecule has 21 heavy (non-hydrogen) atoms. The number of rotatable bonds is 6. The highest BCUT2D eigenvalue weighted by atomic mass is 32.2. The molecule has 0 fully saturated rings. The Hall–Kier alpha value is -1.73. The molecule has 1 aromatic carbocycles. The van der Waals surface area contributed by atoms with E-state index in [2.05, 4.69) is 10.2 Å². The average molecular weight is 308 g/mol. The van der Waals surface area contributed by atoms with Crippen molar-refractivity contribution in [2.75, 3.05) is 7.11 Å². The van der Waals surface area contributed by atoms with E-state index in [0.29, 0.717) is 17.5 Å². The van der Waals surface area contributed by atoms with E-state index in [0.717, 1.165) is 16.9 Å². The van der Waals surface area contributed by atoms with Gasteiger partial charge in [-0.3, -0.25) is 4.57 Å². The summed E-state index contributed by atoms with van der Waals surface area (Å²) in [7, 11) is 1.64. The summed E-state index contributed by atoms with van der Waals surface area (Å²) >= 11 is 1.50. The molecular formula is C14H20N4O2S. The molecule has 0 saturated carbocycles. The molecule has 0 amide bonds. The second-order valence-electron chi connectivity index (χ2n) is 4.70. The topological polar surface area (TPSA) is 85.9 Å². The number of aromatic nitrogens is 3. The Labute approximate surface area is 127 Å². The largest absolute Gasteiger partial charge is 0.496 e. The SMILES string of the molecule is CCn1c(SCc2cc(C(C)N)ccc2OC)n[nH]c1=O. The van der Waals surface area contributed by atoms with Crippen molar-refractivity contribution in [2.24, 2.45) is 5.73 Å². The van der Waals surface area contributed by atoms with E-state index in [1.165, 1.54) is 11.8 Å². The summed E-state index contributed by atoms with van der Waals surface area (Å²) in [5, 5.41) is 7.18. The molecule has 1 atom stereocenters. The Morgan fingerprint density at radius 2 is 2.29 bits per heavy atom. The van der Waals surface area contributed by atoms with Gasteiger partial charge in [0.1, 0.15) is 5.75 Å². The second-order valence-corrected chi connectivity index (χ2v) is 5.65. The first-order valence-electron chi connectivity index (χ1n) is 6.77. The number of nitrogens with one attached hydrogen (secondary N) is 1. The molecule has 0 aliphatic heterocycles. The Kier molecular flexibility index (Phi) is 5.08. The van der Waals surface area contributed by atoms with E-state index in [1.54, 1.807) is 11.7 Å². The van der Waals surface area contributed by atoms with Crippen LogP contribution in [0.3, 0.4) is 0 Å². The van der Waals surface area contributed by atoms with Gasteiger partial charge in [-0.05, 0) is 31.5 Å². The van der Waals surface area contributed by atoms with E-state index in [9.17, 15) is 4.79 Å². The van der Waals surface area contributed by atoms with E-state index in [1.807, 2.05) is 32.0 Å². The van der Waals surface area contributed by atoms with Crippen molar-refractivity contribution < 1.29 is 4.74 Å². The van der Waals surface area contributed by atoms with Crippen LogP contribution in [-0.4, -0.2) is 21.9 Å². The van der Waals surface area contributed by atoms with Crippen molar-refractivity contribution in [3.63, 3.8) is 0 Å². The smallest absolute Gasteiger partial charge is 0.343 e. The molecule has 2 rings (SSSR count). The summed E-state index contributed by atoms with van der Waals surface area (Å²) in [4.78, 5) is 11.5. The highest BCUT2D eigenvalue weighted by Gasteiger charge is 2.11. The number of hydrogen-bond donors (Lipinski definition) is 2. The first-order chi connectivity index (χ1) is 10.1. The second kappa shape index (κ2) is 6.82. The zero-order valence-electron chi connectivity index (χ0n) is 12.4. The van der Waals surface area contributed by atoms with Gasteiger partial charge in [0.15, 0.2) is 5.16 Å². The fourth-order valence-electron chi connectivity index (χ4n) is 2.03. The third-order valence-corrected chi connectivity index (χ3v) is 4.25. The van der Waals surface area contributed by atoms with E-state index >= 15 is 0 Å². The molecule has 0 radical (unpaired) electrons. The van der Waals surface area contributed by atoms with Crippen molar-refractivity contribution in [1.29, 1.82) is 0 Å². The Morgan fingerprint density at radius 1 is 1.52 bits per heavy atom. The summed E-state index contributed by atoms with van der Waals surface area (Å²) in [6, 6.07) is 5.90. The molecule has 6 nitrogen and oxygen atoms in total. The van der Waals surface area contributed by atoms with Crippen molar-refractivity contribution in [1.82, 2.24) is 14.8 Å². The zero-order chi connectivity index (χ0) is 15.4. The van der Waals surface area contributed by atoms with Crippen molar-refractivity contribution in [2.45, 2.75) is 37.3 Å². The number of hydrogen-bond acceptors (Lipinski definition) is 5. The van der Waals surface area contributed by atoms with Gasteiger partial charge < -0.3 is 10.5 Å². The predicted octanol–water partition coefficient (Wildman–Crippen LogP) is 1.91. The minimum Gasteiger partial charge on any atom is -0.496 e. The summed E-state index contributed by atoms with van der Waals surface area (Å²) in [5.41, 5.74) is 7.83. The molecular weight excluding hydrogens is 288 g/mol. The Bertz CT molecular complexity index is 663. The fraction of sp³-hybridized carbons (Fsp3) is 0.429. The highest BCUT2D eigenvalue weighted by molar-refractivity contribution is 7.98. The molecule has 0 bridgehead atoms. The third-order valence-electron chi connectivity index (χ3n) is 3.23. The van der Waals surface area contributed by atoms with Crippen LogP contribution < -0.4 is 16.2 Å². The maximum Gasteiger partial charge on any atom is 0.343 e. The number of H-pyrrole nitrogens is 1. The van der Waals surface area contributed by atoms with Crippen LogP contribution in [0.5, 0.6) is 5.75 Å². The third kappa shape index (κ3) is 3.48. The number of aromatic amines is 1. The molecule has 2 aromatic rings. The van der Waals surface area contributed by atoms with E-state index < -0.39 is 0 Å². The molecule has 0 aliphatic rings. The van der Waals surface area contributed by atoms with Crippen LogP contribution in [0.15, 0.2) is 28.2 Å². The maximum atomic E-state index is 11.5. The molecule has 1 unspecified atom stereocenters. The molecule has 3 N–H and O–H groups in total. The normalized spacial score (nSPS) is 12.4. The van der Waals surface area contributed by atoms with Gasteiger partial charge in [-0.2, -0.15) is 0 Å². The predicted molar refractivity (Wildman–Crippen MR) is 83.7 cm³/mol. The number of nitrogens with two attached hydrogens (primary N) is 1. The van der Waals surface area contributed by atoms with Gasteiger partial charge >= 0.3 is 5.69 Å².